The summed E-state index contributed by atoms with van der Waals surface area (Å²) < 4.78 is 31.6. The second kappa shape index (κ2) is 6.96. The Morgan fingerprint density at radius 2 is 1.95 bits per heavy atom. The first-order valence-electron chi connectivity index (χ1n) is 6.63. The van der Waals surface area contributed by atoms with Crippen LogP contribution < -0.4 is 5.32 Å². The molecule has 0 saturated heterocycles. The van der Waals surface area contributed by atoms with Crippen LogP contribution >= 0.6 is 0 Å². The van der Waals surface area contributed by atoms with Crippen LogP contribution in [0.25, 0.3) is 0 Å². The van der Waals surface area contributed by atoms with Gasteiger partial charge in [0.05, 0.1) is 5.60 Å². The van der Waals surface area contributed by atoms with E-state index in [9.17, 15) is 8.78 Å². The number of hydrogen-bond acceptors (Lipinski definition) is 2. The second-order valence-electron chi connectivity index (χ2n) is 5.29. The van der Waals surface area contributed by atoms with E-state index in [1.807, 2.05) is 20.8 Å². The van der Waals surface area contributed by atoms with Crippen LogP contribution in [0.3, 0.4) is 0 Å². The van der Waals surface area contributed by atoms with Gasteiger partial charge in [-0.2, -0.15) is 0 Å². The van der Waals surface area contributed by atoms with Gasteiger partial charge in [0.2, 0.25) is 0 Å². The van der Waals surface area contributed by atoms with Crippen molar-refractivity contribution in [2.24, 2.45) is 0 Å². The van der Waals surface area contributed by atoms with Crippen molar-refractivity contribution in [3.05, 3.63) is 35.4 Å². The van der Waals surface area contributed by atoms with E-state index in [0.717, 1.165) is 24.9 Å². The molecule has 0 amide bonds. The molecule has 0 aliphatic rings. The van der Waals surface area contributed by atoms with Gasteiger partial charge in [-0.3, -0.25) is 0 Å². The molecule has 1 rings (SSSR count). The van der Waals surface area contributed by atoms with Gasteiger partial charge < -0.3 is 10.1 Å². The van der Waals surface area contributed by atoms with E-state index in [2.05, 4.69) is 5.32 Å². The third-order valence-corrected chi connectivity index (χ3v) is 3.38. The molecule has 0 bridgehead atoms. The Morgan fingerprint density at radius 3 is 2.47 bits per heavy atom. The molecule has 0 heterocycles. The van der Waals surface area contributed by atoms with Gasteiger partial charge in [0.15, 0.2) is 11.6 Å². The Morgan fingerprint density at radius 1 is 1.26 bits per heavy atom. The molecule has 1 atom stereocenters. The summed E-state index contributed by atoms with van der Waals surface area (Å²) in [5, 5.41) is 3.30. The molecule has 1 aromatic carbocycles. The van der Waals surface area contributed by atoms with Crippen LogP contribution in [0.15, 0.2) is 18.2 Å². The van der Waals surface area contributed by atoms with Crippen LogP contribution in [0.1, 0.15) is 45.2 Å². The Kier molecular flexibility index (Phi) is 5.88. The number of methoxy groups -OCH3 is 1. The Hall–Kier alpha value is -1.00. The highest BCUT2D eigenvalue weighted by molar-refractivity contribution is 5.21. The van der Waals surface area contributed by atoms with E-state index in [4.69, 9.17) is 4.74 Å². The van der Waals surface area contributed by atoms with E-state index < -0.39 is 11.6 Å². The normalized spacial score (nSPS) is 13.6. The van der Waals surface area contributed by atoms with Crippen LogP contribution in [-0.2, 0) is 4.74 Å². The first-order chi connectivity index (χ1) is 8.89. The zero-order chi connectivity index (χ0) is 14.5. The summed E-state index contributed by atoms with van der Waals surface area (Å²) in [4.78, 5) is 0. The molecule has 0 radical (unpaired) electrons. The summed E-state index contributed by atoms with van der Waals surface area (Å²) in [6.45, 7) is 6.80. The minimum atomic E-state index is -0.809. The van der Waals surface area contributed by atoms with Gasteiger partial charge in [0.25, 0.3) is 0 Å². The molecule has 0 fully saturated rings. The monoisotopic (exact) mass is 271 g/mol. The first-order valence-corrected chi connectivity index (χ1v) is 6.63. The molecule has 0 aliphatic heterocycles. The van der Waals surface area contributed by atoms with E-state index >= 15 is 0 Å². The molecule has 0 saturated carbocycles. The SMILES string of the molecule is CCNC(CCC(C)(C)OC)c1ccc(F)c(F)c1. The lowest BCUT2D eigenvalue weighted by atomic mass is 9.94. The molecule has 19 heavy (non-hydrogen) atoms. The molecule has 0 aromatic heterocycles. The molecule has 1 N–H and O–H groups in total. The lowest BCUT2D eigenvalue weighted by Gasteiger charge is -2.26. The number of nitrogens with one attached hydrogen (secondary N) is 1. The minimum Gasteiger partial charge on any atom is -0.379 e. The number of ether oxygens (including phenoxy) is 1. The van der Waals surface area contributed by atoms with Gasteiger partial charge in [0.1, 0.15) is 0 Å². The van der Waals surface area contributed by atoms with Crippen molar-refractivity contribution >= 4 is 0 Å². The van der Waals surface area contributed by atoms with Crippen molar-refractivity contribution in [1.29, 1.82) is 0 Å². The predicted molar refractivity (Wildman–Crippen MR) is 73.1 cm³/mol. The first kappa shape index (κ1) is 16.1. The maximum absolute atomic E-state index is 13.3. The standard InChI is InChI=1S/C15H23F2NO/c1-5-18-14(8-9-15(2,3)19-4)11-6-7-12(16)13(17)10-11/h6-7,10,14,18H,5,8-9H2,1-4H3. The highest BCUT2D eigenvalue weighted by Gasteiger charge is 2.20. The summed E-state index contributed by atoms with van der Waals surface area (Å²) in [7, 11) is 1.68. The van der Waals surface area contributed by atoms with Crippen LogP contribution in [0, 0.1) is 11.6 Å². The van der Waals surface area contributed by atoms with Gasteiger partial charge in [-0.05, 0) is 50.9 Å². The Bertz CT molecular complexity index is 407. The van der Waals surface area contributed by atoms with Crippen LogP contribution in [0.2, 0.25) is 0 Å². The smallest absolute Gasteiger partial charge is 0.159 e. The molecule has 0 aliphatic carbocycles. The van der Waals surface area contributed by atoms with Crippen LogP contribution in [0.4, 0.5) is 8.78 Å². The van der Waals surface area contributed by atoms with E-state index in [1.165, 1.54) is 12.1 Å². The topological polar surface area (TPSA) is 21.3 Å². The lowest BCUT2D eigenvalue weighted by Crippen LogP contribution is -2.27. The summed E-state index contributed by atoms with van der Waals surface area (Å²) >= 11 is 0. The van der Waals surface area contributed by atoms with Crippen molar-refractivity contribution in [3.63, 3.8) is 0 Å². The van der Waals surface area contributed by atoms with Gasteiger partial charge >= 0.3 is 0 Å². The zero-order valence-electron chi connectivity index (χ0n) is 12.1. The van der Waals surface area contributed by atoms with Gasteiger partial charge in [-0.25, -0.2) is 8.78 Å². The fourth-order valence-electron chi connectivity index (χ4n) is 1.96. The van der Waals surface area contributed by atoms with E-state index in [1.54, 1.807) is 13.2 Å². The minimum absolute atomic E-state index is 0.00882. The molecule has 108 valence electrons. The van der Waals surface area contributed by atoms with Crippen LogP contribution in [-0.4, -0.2) is 19.3 Å². The number of halogens is 2. The molecular formula is C15H23F2NO. The number of rotatable bonds is 7. The highest BCUT2D eigenvalue weighted by atomic mass is 19.2. The van der Waals surface area contributed by atoms with E-state index in [0.29, 0.717) is 0 Å². The quantitative estimate of drug-likeness (QED) is 0.814. The zero-order valence-corrected chi connectivity index (χ0v) is 12.1. The molecular weight excluding hydrogens is 248 g/mol. The maximum atomic E-state index is 13.3. The van der Waals surface area contributed by atoms with Gasteiger partial charge in [0, 0.05) is 13.2 Å². The fraction of sp³-hybridized carbons (Fsp3) is 0.600. The average molecular weight is 271 g/mol. The molecule has 1 unspecified atom stereocenters. The van der Waals surface area contributed by atoms with Gasteiger partial charge in [-0.15, -0.1) is 0 Å². The van der Waals surface area contributed by atoms with Crippen LogP contribution in [0.5, 0.6) is 0 Å². The summed E-state index contributed by atoms with van der Waals surface area (Å²) in [5.74, 6) is -1.61. The second-order valence-corrected chi connectivity index (χ2v) is 5.29. The largest absolute Gasteiger partial charge is 0.379 e. The van der Waals surface area contributed by atoms with Crippen molar-refractivity contribution < 1.29 is 13.5 Å². The molecule has 4 heteroatoms. The molecule has 1 aromatic rings. The predicted octanol–water partition coefficient (Wildman–Crippen LogP) is 3.82. The van der Waals surface area contributed by atoms with Crippen molar-refractivity contribution in [2.45, 2.75) is 45.3 Å². The van der Waals surface area contributed by atoms with E-state index in [-0.39, 0.29) is 11.6 Å². The van der Waals surface area contributed by atoms with Crippen molar-refractivity contribution in [2.75, 3.05) is 13.7 Å². The Labute approximate surface area is 114 Å². The third kappa shape index (κ3) is 4.88. The maximum Gasteiger partial charge on any atom is 0.159 e. The molecule has 2 nitrogen and oxygen atoms in total. The lowest BCUT2D eigenvalue weighted by molar-refractivity contribution is 0.0117. The van der Waals surface area contributed by atoms with Gasteiger partial charge in [-0.1, -0.05) is 13.0 Å². The summed E-state index contributed by atoms with van der Waals surface area (Å²) in [5.41, 5.74) is 0.555. The van der Waals surface area contributed by atoms with Crippen molar-refractivity contribution in [1.82, 2.24) is 5.32 Å². The number of hydrogen-bond donors (Lipinski definition) is 1. The summed E-state index contributed by atoms with van der Waals surface area (Å²) in [6.07, 6.45) is 1.64. The third-order valence-electron chi connectivity index (χ3n) is 3.38. The number of benzene rings is 1. The molecule has 0 spiro atoms. The highest BCUT2D eigenvalue weighted by Crippen LogP contribution is 2.25. The fourth-order valence-corrected chi connectivity index (χ4v) is 1.96. The average Bonchev–Trinajstić information content (AvgIpc) is 2.38. The van der Waals surface area contributed by atoms with Crippen molar-refractivity contribution in [3.8, 4) is 0 Å². The Balaban J connectivity index is 2.79. The summed E-state index contributed by atoms with van der Waals surface area (Å²) in [6, 6.07) is 4.08.